The van der Waals surface area contributed by atoms with Crippen LogP contribution >= 0.6 is 15.9 Å². The molecule has 7 heteroatoms. The third-order valence-corrected chi connectivity index (χ3v) is 9.21. The van der Waals surface area contributed by atoms with Gasteiger partial charge in [-0.15, -0.1) is 0 Å². The number of carbonyl (C=O) groups excluding carboxylic acids is 3. The number of halogens is 1. The Kier molecular flexibility index (Phi) is 5.94. The number of hydrogen-bond acceptors (Lipinski definition) is 5. The van der Waals surface area contributed by atoms with Crippen molar-refractivity contribution >= 4 is 50.9 Å². The van der Waals surface area contributed by atoms with Gasteiger partial charge in [0.15, 0.2) is 11.6 Å². The number of fused-ring (bicyclic) bond motifs is 6. The van der Waals surface area contributed by atoms with Gasteiger partial charge < -0.3 is 15.0 Å². The van der Waals surface area contributed by atoms with Gasteiger partial charge in [-0.1, -0.05) is 78.9 Å². The van der Waals surface area contributed by atoms with Crippen molar-refractivity contribution in [2.75, 3.05) is 17.3 Å². The fraction of sp³-hybridized carbons (Fsp3) is 0.147. The van der Waals surface area contributed by atoms with Crippen LogP contribution in [0.1, 0.15) is 31.8 Å². The normalized spacial score (nSPS) is 23.5. The maximum Gasteiger partial charge on any atom is 0.238 e. The summed E-state index contributed by atoms with van der Waals surface area (Å²) in [6.45, 7) is 0. The molecule has 0 unspecified atom stereocenters. The topological polar surface area (TPSA) is 75.7 Å². The molecule has 0 bridgehead atoms. The van der Waals surface area contributed by atoms with Gasteiger partial charge in [0.05, 0.1) is 23.5 Å². The van der Waals surface area contributed by atoms with Gasteiger partial charge in [-0.2, -0.15) is 0 Å². The Morgan fingerprint density at radius 1 is 0.878 bits per heavy atom. The molecule has 0 saturated carbocycles. The van der Waals surface area contributed by atoms with Crippen LogP contribution in [0.3, 0.4) is 0 Å². The number of rotatable bonds is 5. The molecule has 0 radical (unpaired) electrons. The molecule has 1 spiro atoms. The number of carbonyl (C=O) groups is 3. The minimum absolute atomic E-state index is 0.244. The van der Waals surface area contributed by atoms with Crippen molar-refractivity contribution in [1.29, 1.82) is 0 Å². The molecule has 3 aliphatic heterocycles. The van der Waals surface area contributed by atoms with Crippen LogP contribution in [-0.4, -0.2) is 36.7 Å². The summed E-state index contributed by atoms with van der Waals surface area (Å²) in [5.41, 5.74) is 2.67. The predicted octanol–water partition coefficient (Wildman–Crippen LogP) is 6.31. The largest absolute Gasteiger partial charge is 0.496 e. The number of methoxy groups -OCH3 is 1. The lowest BCUT2D eigenvalue weighted by atomic mass is 9.64. The summed E-state index contributed by atoms with van der Waals surface area (Å²) in [6.07, 6.45) is 3.97. The molecule has 7 rings (SSSR count). The first-order chi connectivity index (χ1) is 20.0. The molecule has 1 fully saturated rings. The summed E-state index contributed by atoms with van der Waals surface area (Å²) in [5.74, 6) is -1.19. The van der Waals surface area contributed by atoms with Gasteiger partial charge in [-0.3, -0.25) is 14.4 Å². The molecule has 1 saturated heterocycles. The second-order valence-electron chi connectivity index (χ2n) is 10.5. The van der Waals surface area contributed by atoms with Crippen LogP contribution in [0.2, 0.25) is 0 Å². The second kappa shape index (κ2) is 9.56. The maximum atomic E-state index is 14.8. The van der Waals surface area contributed by atoms with Crippen molar-refractivity contribution in [3.8, 4) is 5.75 Å². The molecule has 3 aliphatic rings. The summed E-state index contributed by atoms with van der Waals surface area (Å²) in [6, 6.07) is 27.9. The molecule has 4 atom stereocenters. The minimum Gasteiger partial charge on any atom is -0.496 e. The highest BCUT2D eigenvalue weighted by molar-refractivity contribution is 9.10. The Balaban J connectivity index is 1.52. The van der Waals surface area contributed by atoms with E-state index in [0.29, 0.717) is 27.0 Å². The van der Waals surface area contributed by atoms with E-state index >= 15 is 0 Å². The number of Topliss-reactive ketones (excluding diaryl/α,β-unsaturated/α-hetero) is 2. The number of nitrogens with zero attached hydrogens (tertiary/aromatic N) is 1. The van der Waals surface area contributed by atoms with Crippen LogP contribution in [0.15, 0.2) is 108 Å². The average Bonchev–Trinajstić information content (AvgIpc) is 3.49. The smallest absolute Gasteiger partial charge is 0.238 e. The Morgan fingerprint density at radius 3 is 2.39 bits per heavy atom. The standard InChI is InChI=1S/C34H25BrN2O4/c1-41-27-17-15-22(19-24(27)35)32(39)30-29(31(38)21-10-3-2-4-11-21)34(23-12-6-7-13-25(23)36-33(34)40)28-18-16-20-9-5-8-14-26(20)37(28)30/h2-19,28-30H,1H3,(H,36,40)/t28-,29-,30-,34-/m1/s1. The van der Waals surface area contributed by atoms with Crippen molar-refractivity contribution in [1.82, 2.24) is 0 Å². The Bertz CT molecular complexity index is 1770. The van der Waals surface area contributed by atoms with E-state index in [1.807, 2.05) is 71.6 Å². The van der Waals surface area contributed by atoms with E-state index in [2.05, 4.69) is 21.2 Å². The first kappa shape index (κ1) is 25.5. The van der Waals surface area contributed by atoms with Gasteiger partial charge in [0.25, 0.3) is 0 Å². The van der Waals surface area contributed by atoms with E-state index < -0.39 is 23.4 Å². The van der Waals surface area contributed by atoms with Gasteiger partial charge in [0.2, 0.25) is 5.91 Å². The first-order valence-electron chi connectivity index (χ1n) is 13.4. The highest BCUT2D eigenvalue weighted by atomic mass is 79.9. The average molecular weight is 605 g/mol. The van der Waals surface area contributed by atoms with E-state index in [-0.39, 0.29) is 17.5 Å². The van der Waals surface area contributed by atoms with Crippen molar-refractivity contribution in [2.45, 2.75) is 17.5 Å². The second-order valence-corrected chi connectivity index (χ2v) is 11.4. The molecule has 1 N–H and O–H groups in total. The Morgan fingerprint density at radius 2 is 1.61 bits per heavy atom. The van der Waals surface area contributed by atoms with Crippen LogP contribution in [0.4, 0.5) is 11.4 Å². The molecule has 4 aromatic rings. The molecule has 4 aromatic carbocycles. The number of amides is 1. The third-order valence-electron chi connectivity index (χ3n) is 8.59. The van der Waals surface area contributed by atoms with Gasteiger partial charge in [-0.05, 0) is 57.4 Å². The molecule has 3 heterocycles. The lowest BCUT2D eigenvalue weighted by molar-refractivity contribution is -0.121. The Hall–Kier alpha value is -4.49. The quantitative estimate of drug-likeness (QED) is 0.270. The lowest BCUT2D eigenvalue weighted by Crippen LogP contribution is -2.51. The number of ketones is 2. The fourth-order valence-corrected chi connectivity index (χ4v) is 7.43. The van der Waals surface area contributed by atoms with Gasteiger partial charge >= 0.3 is 0 Å². The monoisotopic (exact) mass is 604 g/mol. The maximum absolute atomic E-state index is 14.8. The molecule has 0 aliphatic carbocycles. The third kappa shape index (κ3) is 3.58. The molecule has 1 amide bonds. The highest BCUT2D eigenvalue weighted by Crippen LogP contribution is 2.58. The molecule has 41 heavy (non-hydrogen) atoms. The Labute approximate surface area is 245 Å². The van der Waals surface area contributed by atoms with Crippen LogP contribution in [0.5, 0.6) is 5.75 Å². The number of hydrogen-bond donors (Lipinski definition) is 1. The highest BCUT2D eigenvalue weighted by Gasteiger charge is 2.70. The minimum atomic E-state index is -1.34. The number of ether oxygens (including phenoxy) is 1. The van der Waals surface area contributed by atoms with Crippen LogP contribution < -0.4 is 15.0 Å². The van der Waals surface area contributed by atoms with Crippen LogP contribution in [0, 0.1) is 5.92 Å². The van der Waals surface area contributed by atoms with Crippen LogP contribution in [0.25, 0.3) is 6.08 Å². The molecule has 202 valence electrons. The van der Waals surface area contributed by atoms with Gasteiger partial charge in [0.1, 0.15) is 17.2 Å². The summed E-state index contributed by atoms with van der Waals surface area (Å²) in [5, 5.41) is 3.06. The summed E-state index contributed by atoms with van der Waals surface area (Å²) < 4.78 is 6.03. The number of anilines is 2. The molecule has 0 aromatic heterocycles. The predicted molar refractivity (Wildman–Crippen MR) is 162 cm³/mol. The summed E-state index contributed by atoms with van der Waals surface area (Å²) >= 11 is 3.52. The fourth-order valence-electron chi connectivity index (χ4n) is 6.89. The van der Waals surface area contributed by atoms with Crippen molar-refractivity contribution in [2.24, 2.45) is 5.92 Å². The van der Waals surface area contributed by atoms with E-state index in [9.17, 15) is 14.4 Å². The van der Waals surface area contributed by atoms with Gasteiger partial charge in [0, 0.05) is 22.5 Å². The van der Waals surface area contributed by atoms with Crippen molar-refractivity contribution in [3.05, 3.63) is 130 Å². The number of benzene rings is 4. The van der Waals surface area contributed by atoms with Crippen molar-refractivity contribution in [3.63, 3.8) is 0 Å². The molecular formula is C34H25BrN2O4. The van der Waals surface area contributed by atoms with Crippen molar-refractivity contribution < 1.29 is 19.1 Å². The molecule has 6 nitrogen and oxygen atoms in total. The van der Waals surface area contributed by atoms with E-state index in [1.165, 1.54) is 0 Å². The van der Waals surface area contributed by atoms with Gasteiger partial charge in [-0.25, -0.2) is 0 Å². The lowest BCUT2D eigenvalue weighted by Gasteiger charge is -2.37. The van der Waals surface area contributed by atoms with E-state index in [4.69, 9.17) is 4.74 Å². The summed E-state index contributed by atoms with van der Waals surface area (Å²) in [7, 11) is 1.56. The number of nitrogens with one attached hydrogen (secondary N) is 1. The summed E-state index contributed by atoms with van der Waals surface area (Å²) in [4.78, 5) is 45.8. The van der Waals surface area contributed by atoms with E-state index in [1.54, 1.807) is 49.6 Å². The zero-order chi connectivity index (χ0) is 28.3. The first-order valence-corrected chi connectivity index (χ1v) is 14.2. The number of para-hydroxylation sites is 2. The zero-order valence-electron chi connectivity index (χ0n) is 22.1. The molecular weight excluding hydrogens is 580 g/mol. The van der Waals surface area contributed by atoms with Crippen LogP contribution in [-0.2, 0) is 10.2 Å². The van der Waals surface area contributed by atoms with E-state index in [0.717, 1.165) is 16.8 Å². The zero-order valence-corrected chi connectivity index (χ0v) is 23.7. The SMILES string of the molecule is COc1ccc(C(=O)[C@H]2[C@H](C(=O)c3ccccc3)[C@]3(C(=O)Nc4ccccc43)[C@H]3C=Cc4ccccc4N23)cc1Br.